The number of tetrazole rings is 2. The molecule has 0 amide bonds. The smallest absolute Gasteiger partial charge is 0.184 e. The molecule has 7 aromatic rings. The van der Waals surface area contributed by atoms with Crippen molar-refractivity contribution in [2.75, 3.05) is 0 Å². The largest absolute Gasteiger partial charge is 0.469 e. The first kappa shape index (κ1) is 27.4. The number of hydrogen-bond donors (Lipinski definition) is 1. The molecule has 12 heteroatoms. The van der Waals surface area contributed by atoms with Crippen LogP contribution in [-0.2, 0) is 13.2 Å². The molecule has 0 bridgehead atoms. The van der Waals surface area contributed by atoms with Gasteiger partial charge in [-0.05, 0) is 87.3 Å². The van der Waals surface area contributed by atoms with E-state index in [1.165, 1.54) is 11.9 Å². The van der Waals surface area contributed by atoms with E-state index in [1.807, 2.05) is 42.5 Å². The zero-order chi connectivity index (χ0) is 29.7. The van der Waals surface area contributed by atoms with Gasteiger partial charge in [0, 0.05) is 28.4 Å². The molecule has 0 saturated heterocycles. The van der Waals surface area contributed by atoms with E-state index < -0.39 is 0 Å². The van der Waals surface area contributed by atoms with E-state index in [2.05, 4.69) is 95.5 Å². The van der Waals surface area contributed by atoms with Crippen LogP contribution in [-0.4, -0.2) is 50.4 Å². The third kappa shape index (κ3) is 6.04. The average Bonchev–Trinajstić information content (AvgIpc) is 3.84. The van der Waals surface area contributed by atoms with Crippen LogP contribution in [0.1, 0.15) is 41.5 Å². The van der Waals surface area contributed by atoms with Crippen LogP contribution < -0.4 is 4.74 Å². The highest BCUT2D eigenvalue weighted by molar-refractivity contribution is 6.31. The number of fused-ring (bicyclic) bond motifs is 2. The highest BCUT2D eigenvalue weighted by atomic mass is 35.5. The summed E-state index contributed by atoms with van der Waals surface area (Å²) in [5.74, 6) is 1.53. The van der Waals surface area contributed by atoms with Gasteiger partial charge in [0.15, 0.2) is 6.73 Å². The van der Waals surface area contributed by atoms with Crippen molar-refractivity contribution < 1.29 is 4.74 Å². The first-order valence-electron chi connectivity index (χ1n) is 14.2. The van der Waals surface area contributed by atoms with Gasteiger partial charge in [0.25, 0.3) is 0 Å². The minimum atomic E-state index is 0.0236. The Morgan fingerprint density at radius 3 is 2.75 bits per heavy atom. The number of aryl methyl sites for hydroxylation is 1. The zero-order valence-corrected chi connectivity index (χ0v) is 24.3. The Kier molecular flexibility index (Phi) is 7.75. The maximum absolute atomic E-state index is 6.20. The van der Waals surface area contributed by atoms with Gasteiger partial charge in [0.2, 0.25) is 0 Å². The number of benzene rings is 3. The summed E-state index contributed by atoms with van der Waals surface area (Å²) in [6, 6.07) is 26.6. The number of rotatable bonds is 11. The second kappa shape index (κ2) is 12.4. The number of para-hydroxylation sites is 1. The Labute approximate surface area is 257 Å². The third-order valence-electron chi connectivity index (χ3n) is 7.48. The van der Waals surface area contributed by atoms with Crippen molar-refractivity contribution in [2.45, 2.75) is 32.0 Å². The van der Waals surface area contributed by atoms with Crippen molar-refractivity contribution in [1.29, 1.82) is 0 Å². The van der Waals surface area contributed by atoms with Crippen LogP contribution in [0.25, 0.3) is 34.0 Å². The van der Waals surface area contributed by atoms with Crippen molar-refractivity contribution in [3.05, 3.63) is 119 Å². The number of halogens is 1. The van der Waals surface area contributed by atoms with Crippen LogP contribution >= 0.6 is 11.6 Å². The summed E-state index contributed by atoms with van der Waals surface area (Å²) in [5.41, 5.74) is 4.99. The van der Waals surface area contributed by atoms with E-state index >= 15 is 0 Å². The monoisotopic (exact) mass is 602 g/mol. The molecular weight excluding hydrogens is 576 g/mol. The summed E-state index contributed by atoms with van der Waals surface area (Å²) in [7, 11) is 0. The van der Waals surface area contributed by atoms with Crippen LogP contribution in [0.2, 0.25) is 5.02 Å². The maximum Gasteiger partial charge on any atom is 0.184 e. The summed E-state index contributed by atoms with van der Waals surface area (Å²) in [6.07, 6.45) is 10.2. The zero-order valence-electron chi connectivity index (χ0n) is 23.5. The summed E-state index contributed by atoms with van der Waals surface area (Å²) >= 11 is 6.20. The predicted molar refractivity (Wildman–Crippen MR) is 168 cm³/mol. The molecule has 0 spiro atoms. The van der Waals surface area contributed by atoms with Crippen LogP contribution in [0.5, 0.6) is 5.75 Å². The molecule has 0 saturated carbocycles. The fourth-order valence-corrected chi connectivity index (χ4v) is 5.57. The molecule has 0 radical (unpaired) electrons. The average molecular weight is 603 g/mol. The molecule has 7 rings (SSSR count). The van der Waals surface area contributed by atoms with Crippen LogP contribution in [0, 0.1) is 0 Å². The molecule has 1 atom stereocenters. The van der Waals surface area contributed by atoms with E-state index in [9.17, 15) is 0 Å². The summed E-state index contributed by atoms with van der Waals surface area (Å²) in [6.45, 7) is 0.204. The molecule has 11 nitrogen and oxygen atoms in total. The van der Waals surface area contributed by atoms with Crippen molar-refractivity contribution in [1.82, 2.24) is 50.4 Å². The predicted octanol–water partition coefficient (Wildman–Crippen LogP) is 6.16. The molecule has 218 valence electrons. The fourth-order valence-electron chi connectivity index (χ4n) is 5.40. The van der Waals surface area contributed by atoms with Gasteiger partial charge < -0.3 is 9.30 Å². The lowest BCUT2D eigenvalue weighted by Gasteiger charge is -2.22. The molecule has 0 aliphatic rings. The lowest BCUT2D eigenvalue weighted by Crippen LogP contribution is -2.12. The Morgan fingerprint density at radius 2 is 1.86 bits per heavy atom. The van der Waals surface area contributed by atoms with Gasteiger partial charge in [-0.15, -0.1) is 10.2 Å². The SMILES string of the molecule is Clc1ccc2ccc(/C=C/c3cccc(C(CCCc4nnn[nH]4)n4ccc5cccc(OCn6cnnn6)c54)c3)nc2c1. The van der Waals surface area contributed by atoms with Crippen LogP contribution in [0.15, 0.2) is 91.4 Å². The number of aromatic nitrogens is 10. The second-order valence-electron chi connectivity index (χ2n) is 10.4. The molecule has 0 fully saturated rings. The van der Waals surface area contributed by atoms with Crippen molar-refractivity contribution >= 4 is 45.6 Å². The first-order valence-corrected chi connectivity index (χ1v) is 14.6. The Balaban J connectivity index is 1.21. The van der Waals surface area contributed by atoms with E-state index in [4.69, 9.17) is 21.3 Å². The molecule has 44 heavy (non-hydrogen) atoms. The minimum absolute atomic E-state index is 0.0236. The molecule has 1 N–H and O–H groups in total. The lowest BCUT2D eigenvalue weighted by molar-refractivity contribution is 0.219. The number of H-pyrrole nitrogens is 1. The van der Waals surface area contributed by atoms with Crippen molar-refractivity contribution in [2.24, 2.45) is 0 Å². The van der Waals surface area contributed by atoms with E-state index in [0.29, 0.717) is 5.02 Å². The van der Waals surface area contributed by atoms with Gasteiger partial charge in [-0.25, -0.2) is 10.1 Å². The molecule has 4 heterocycles. The molecule has 1 unspecified atom stereocenters. The van der Waals surface area contributed by atoms with Gasteiger partial charge in [0.05, 0.1) is 22.8 Å². The second-order valence-corrected chi connectivity index (χ2v) is 10.8. The molecule has 0 aliphatic carbocycles. The molecule has 4 aromatic heterocycles. The maximum atomic E-state index is 6.20. The number of ether oxygens (including phenoxy) is 1. The number of nitrogens with zero attached hydrogens (tertiary/aromatic N) is 9. The normalized spacial score (nSPS) is 12.4. The molecular formula is C32H27ClN10O. The van der Waals surface area contributed by atoms with Crippen molar-refractivity contribution in [3.63, 3.8) is 0 Å². The Morgan fingerprint density at radius 1 is 0.932 bits per heavy atom. The first-order chi connectivity index (χ1) is 21.7. The fraction of sp³-hybridized carbons (Fsp3) is 0.156. The van der Waals surface area contributed by atoms with Crippen molar-refractivity contribution in [3.8, 4) is 5.75 Å². The number of pyridine rings is 1. The van der Waals surface area contributed by atoms with E-state index in [0.717, 1.165) is 63.9 Å². The number of aromatic amines is 1. The number of hydrogen-bond acceptors (Lipinski definition) is 8. The third-order valence-corrected chi connectivity index (χ3v) is 7.72. The lowest BCUT2D eigenvalue weighted by atomic mass is 9.98. The Bertz CT molecular complexity index is 2040. The molecule has 0 aliphatic heterocycles. The van der Waals surface area contributed by atoms with Gasteiger partial charge in [-0.3, -0.25) is 0 Å². The molecule has 3 aromatic carbocycles. The van der Waals surface area contributed by atoms with Gasteiger partial charge in [-0.1, -0.05) is 60.1 Å². The van der Waals surface area contributed by atoms with Crippen LogP contribution in [0.4, 0.5) is 0 Å². The summed E-state index contributed by atoms with van der Waals surface area (Å²) in [5, 5.41) is 28.5. The van der Waals surface area contributed by atoms with Crippen LogP contribution in [0.3, 0.4) is 0 Å². The van der Waals surface area contributed by atoms with Gasteiger partial charge in [-0.2, -0.15) is 4.68 Å². The highest BCUT2D eigenvalue weighted by Crippen LogP contribution is 2.34. The Hall–Kier alpha value is -5.42. The summed E-state index contributed by atoms with van der Waals surface area (Å²) < 4.78 is 10.0. The number of nitrogens with one attached hydrogen (secondary N) is 1. The quantitative estimate of drug-likeness (QED) is 0.187. The summed E-state index contributed by atoms with van der Waals surface area (Å²) in [4.78, 5) is 4.77. The van der Waals surface area contributed by atoms with Gasteiger partial charge >= 0.3 is 0 Å². The minimum Gasteiger partial charge on any atom is -0.469 e. The van der Waals surface area contributed by atoms with Gasteiger partial charge in [0.1, 0.15) is 17.9 Å². The van der Waals surface area contributed by atoms with E-state index in [-0.39, 0.29) is 12.8 Å². The van der Waals surface area contributed by atoms with E-state index in [1.54, 1.807) is 4.68 Å². The highest BCUT2D eigenvalue weighted by Gasteiger charge is 2.19. The topological polar surface area (TPSA) is 125 Å². The standard InChI is InChI=1S/C32H27ClN10O/c33-26-13-11-23-12-15-27(35-28(23)19-26)14-10-22-4-1-6-25(18-22)29(7-3-9-31-36-39-40-37-31)43-17-16-24-5-2-8-30(32(24)43)44-21-42-20-34-38-41-42/h1-2,4-6,8,10-20,29H,3,7,9,21H2,(H,36,37,39,40)/b14-10+.